The summed E-state index contributed by atoms with van der Waals surface area (Å²) in [5, 5.41) is 2.89. The molecule has 0 aromatic heterocycles. The van der Waals surface area contributed by atoms with Crippen LogP contribution in [0.3, 0.4) is 0 Å². The Hall–Kier alpha value is -0.960. The van der Waals surface area contributed by atoms with E-state index in [0.29, 0.717) is 11.0 Å². The van der Waals surface area contributed by atoms with Crippen molar-refractivity contribution >= 4 is 31.9 Å². The van der Waals surface area contributed by atoms with Crippen LogP contribution in [0.15, 0.2) is 33.6 Å². The van der Waals surface area contributed by atoms with Crippen LogP contribution in [0.4, 0.5) is 0 Å². The molecule has 1 aliphatic rings. The number of rotatable bonds is 7. The van der Waals surface area contributed by atoms with Gasteiger partial charge in [0.15, 0.2) is 0 Å². The normalized spacial score (nSPS) is 17.4. The summed E-state index contributed by atoms with van der Waals surface area (Å²) < 4.78 is 27.5. The van der Waals surface area contributed by atoms with E-state index in [9.17, 15) is 13.2 Å². The second-order valence-electron chi connectivity index (χ2n) is 6.74. The van der Waals surface area contributed by atoms with Crippen LogP contribution in [0, 0.1) is 0 Å². The van der Waals surface area contributed by atoms with E-state index in [-0.39, 0.29) is 22.9 Å². The maximum absolute atomic E-state index is 12.2. The Morgan fingerprint density at radius 1 is 1.24 bits per heavy atom. The summed E-state index contributed by atoms with van der Waals surface area (Å²) in [6.45, 7) is 0.274. The van der Waals surface area contributed by atoms with E-state index in [4.69, 9.17) is 0 Å². The highest BCUT2D eigenvalue weighted by Gasteiger charge is 2.34. The van der Waals surface area contributed by atoms with Gasteiger partial charge in [-0.1, -0.05) is 41.3 Å². The molecule has 0 saturated heterocycles. The number of nitrogens with zero attached hydrogens (tertiary/aromatic N) is 1. The SMILES string of the molecule is CN(C)C1(CNC(=O)CNS(=O)(=O)c2cccc(Br)c2)CCCCC1. The van der Waals surface area contributed by atoms with E-state index >= 15 is 0 Å². The third-order valence-corrected chi connectivity index (χ3v) is 6.77. The Balaban J connectivity index is 1.90. The van der Waals surface area contributed by atoms with Gasteiger partial charge in [0.25, 0.3) is 0 Å². The lowest BCUT2D eigenvalue weighted by Gasteiger charge is -2.43. The summed E-state index contributed by atoms with van der Waals surface area (Å²) >= 11 is 3.25. The van der Waals surface area contributed by atoms with Crippen molar-refractivity contribution in [3.05, 3.63) is 28.7 Å². The number of likely N-dealkylation sites (N-methyl/N-ethyl adjacent to an activating group) is 1. The molecule has 2 rings (SSSR count). The molecule has 25 heavy (non-hydrogen) atoms. The zero-order valence-electron chi connectivity index (χ0n) is 14.7. The van der Waals surface area contributed by atoms with Crippen LogP contribution < -0.4 is 10.0 Å². The molecule has 6 nitrogen and oxygen atoms in total. The van der Waals surface area contributed by atoms with Gasteiger partial charge >= 0.3 is 0 Å². The van der Waals surface area contributed by atoms with Crippen LogP contribution in [0.25, 0.3) is 0 Å². The Bertz CT molecular complexity index is 701. The zero-order chi connectivity index (χ0) is 18.5. The molecule has 0 unspecified atom stereocenters. The lowest BCUT2D eigenvalue weighted by atomic mass is 9.80. The van der Waals surface area contributed by atoms with Crippen LogP contribution in [0.5, 0.6) is 0 Å². The van der Waals surface area contributed by atoms with E-state index in [1.807, 2.05) is 14.1 Å². The van der Waals surface area contributed by atoms with Crippen molar-refractivity contribution in [3.63, 3.8) is 0 Å². The highest BCUT2D eigenvalue weighted by molar-refractivity contribution is 9.10. The molecule has 0 radical (unpaired) electrons. The van der Waals surface area contributed by atoms with Crippen molar-refractivity contribution in [1.82, 2.24) is 14.9 Å². The minimum Gasteiger partial charge on any atom is -0.353 e. The monoisotopic (exact) mass is 431 g/mol. The molecule has 1 saturated carbocycles. The number of benzene rings is 1. The average molecular weight is 432 g/mol. The predicted molar refractivity (Wildman–Crippen MR) is 102 cm³/mol. The summed E-state index contributed by atoms with van der Waals surface area (Å²) in [6, 6.07) is 6.39. The summed E-state index contributed by atoms with van der Waals surface area (Å²) in [7, 11) is 0.367. The van der Waals surface area contributed by atoms with Gasteiger partial charge in [0.1, 0.15) is 0 Å². The molecule has 1 amide bonds. The largest absolute Gasteiger partial charge is 0.353 e. The fourth-order valence-electron chi connectivity index (χ4n) is 3.20. The number of halogens is 1. The number of hydrogen-bond donors (Lipinski definition) is 2. The molecule has 2 N–H and O–H groups in total. The van der Waals surface area contributed by atoms with Crippen LogP contribution in [-0.2, 0) is 14.8 Å². The van der Waals surface area contributed by atoms with Crippen molar-refractivity contribution < 1.29 is 13.2 Å². The summed E-state index contributed by atoms with van der Waals surface area (Å²) in [5.74, 6) is -0.314. The number of carbonyl (C=O) groups excluding carboxylic acids is 1. The fraction of sp³-hybridized carbons (Fsp3) is 0.588. The molecular weight excluding hydrogens is 406 g/mol. The molecule has 8 heteroatoms. The predicted octanol–water partition coefficient (Wildman–Crippen LogP) is 2.11. The standard InChI is InChI=1S/C17H26BrN3O3S/c1-21(2)17(9-4-3-5-10-17)13-19-16(22)12-20-25(23,24)15-8-6-7-14(18)11-15/h6-8,11,20H,3-5,9-10,12-13H2,1-2H3,(H,19,22). The maximum atomic E-state index is 12.2. The highest BCUT2D eigenvalue weighted by atomic mass is 79.9. The molecule has 0 bridgehead atoms. The molecule has 0 aliphatic heterocycles. The minimum atomic E-state index is -3.70. The highest BCUT2D eigenvalue weighted by Crippen LogP contribution is 2.31. The molecule has 1 aromatic carbocycles. The van der Waals surface area contributed by atoms with Gasteiger partial charge in [-0.25, -0.2) is 13.1 Å². The van der Waals surface area contributed by atoms with Crippen LogP contribution in [-0.4, -0.2) is 51.9 Å². The summed E-state index contributed by atoms with van der Waals surface area (Å²) in [4.78, 5) is 14.4. The number of nitrogens with one attached hydrogen (secondary N) is 2. The quantitative estimate of drug-likeness (QED) is 0.692. The van der Waals surface area contributed by atoms with Gasteiger partial charge in [0.05, 0.1) is 11.4 Å². The third-order valence-electron chi connectivity index (χ3n) is 4.88. The van der Waals surface area contributed by atoms with Gasteiger partial charge in [-0.2, -0.15) is 0 Å². The number of carbonyl (C=O) groups is 1. The molecular formula is C17H26BrN3O3S. The molecule has 1 aliphatic carbocycles. The Labute approximate surface area is 158 Å². The molecule has 1 aromatic rings. The van der Waals surface area contributed by atoms with E-state index in [1.165, 1.54) is 18.6 Å². The first-order chi connectivity index (χ1) is 11.8. The topological polar surface area (TPSA) is 78.5 Å². The molecule has 0 atom stereocenters. The first kappa shape index (κ1) is 20.4. The fourth-order valence-corrected chi connectivity index (χ4v) is 4.77. The molecule has 140 valence electrons. The minimum absolute atomic E-state index is 0.0307. The maximum Gasteiger partial charge on any atom is 0.241 e. The lowest BCUT2D eigenvalue weighted by Crippen LogP contribution is -2.54. The Kier molecular flexibility index (Phi) is 7.01. The number of hydrogen-bond acceptors (Lipinski definition) is 4. The smallest absolute Gasteiger partial charge is 0.241 e. The van der Waals surface area contributed by atoms with Crippen molar-refractivity contribution in [2.45, 2.75) is 42.5 Å². The average Bonchev–Trinajstić information content (AvgIpc) is 2.59. The first-order valence-electron chi connectivity index (χ1n) is 8.45. The van der Waals surface area contributed by atoms with Gasteiger partial charge in [-0.3, -0.25) is 4.79 Å². The molecule has 1 fully saturated rings. The van der Waals surface area contributed by atoms with E-state index in [1.54, 1.807) is 12.1 Å². The number of amides is 1. The zero-order valence-corrected chi connectivity index (χ0v) is 17.1. The van der Waals surface area contributed by atoms with Crippen molar-refractivity contribution in [2.24, 2.45) is 0 Å². The van der Waals surface area contributed by atoms with Gasteiger partial charge in [0.2, 0.25) is 15.9 Å². The second kappa shape index (κ2) is 8.62. The molecule has 0 heterocycles. The Morgan fingerprint density at radius 2 is 1.92 bits per heavy atom. The molecule has 0 spiro atoms. The van der Waals surface area contributed by atoms with Gasteiger partial charge in [-0.15, -0.1) is 0 Å². The van der Waals surface area contributed by atoms with Crippen LogP contribution >= 0.6 is 15.9 Å². The van der Waals surface area contributed by atoms with Crippen molar-refractivity contribution in [1.29, 1.82) is 0 Å². The van der Waals surface area contributed by atoms with Gasteiger partial charge in [-0.05, 0) is 45.1 Å². The summed E-state index contributed by atoms with van der Waals surface area (Å²) in [6.07, 6.45) is 5.64. The van der Waals surface area contributed by atoms with Crippen LogP contribution in [0.1, 0.15) is 32.1 Å². The van der Waals surface area contributed by atoms with E-state index in [2.05, 4.69) is 30.9 Å². The summed E-state index contributed by atoms with van der Waals surface area (Å²) in [5.41, 5.74) is -0.0307. The first-order valence-corrected chi connectivity index (χ1v) is 10.7. The lowest BCUT2D eigenvalue weighted by molar-refractivity contribution is -0.120. The van der Waals surface area contributed by atoms with E-state index in [0.717, 1.165) is 25.7 Å². The van der Waals surface area contributed by atoms with E-state index < -0.39 is 10.0 Å². The van der Waals surface area contributed by atoms with Crippen molar-refractivity contribution in [2.75, 3.05) is 27.2 Å². The second-order valence-corrected chi connectivity index (χ2v) is 9.42. The van der Waals surface area contributed by atoms with Gasteiger partial charge < -0.3 is 10.2 Å². The van der Waals surface area contributed by atoms with Crippen molar-refractivity contribution in [3.8, 4) is 0 Å². The third kappa shape index (κ3) is 5.51. The van der Waals surface area contributed by atoms with Crippen LogP contribution in [0.2, 0.25) is 0 Å². The number of sulfonamides is 1. The Morgan fingerprint density at radius 3 is 2.52 bits per heavy atom. The van der Waals surface area contributed by atoms with Gasteiger partial charge in [0, 0.05) is 16.6 Å².